The van der Waals surface area contributed by atoms with Crippen LogP contribution in [-0.4, -0.2) is 32.8 Å². The predicted octanol–water partition coefficient (Wildman–Crippen LogP) is 22.5. The molecule has 2 aliphatic carbocycles. The molecule has 7 nitrogen and oxygen atoms in total. The molecule has 20 rings (SSSR count). The van der Waals surface area contributed by atoms with Gasteiger partial charge in [-0.25, -0.2) is 9.97 Å². The number of aromatic nitrogens is 7. The van der Waals surface area contributed by atoms with Crippen molar-refractivity contribution in [1.29, 1.82) is 0 Å². The number of hydrogen-bond donors (Lipinski definition) is 0. The Morgan fingerprint density at radius 2 is 0.667 bits per heavy atom. The van der Waals surface area contributed by atoms with E-state index in [0.29, 0.717) is 0 Å². The molecule has 96 heavy (non-hydrogen) atoms. The molecule has 0 spiro atoms. The maximum atomic E-state index is 5.64. The number of allylic oxidation sites excluding steroid dienone is 6. The van der Waals surface area contributed by atoms with Crippen LogP contribution < -0.4 is 0 Å². The quantitative estimate of drug-likeness (QED) is 0.149. The van der Waals surface area contributed by atoms with E-state index in [-0.39, 0.29) is 13.5 Å². The lowest BCUT2D eigenvalue weighted by atomic mass is 9.97. The summed E-state index contributed by atoms with van der Waals surface area (Å²) in [6.07, 6.45) is 10.6. The first-order valence-corrected chi connectivity index (χ1v) is 32.9. The van der Waals surface area contributed by atoms with E-state index in [1.807, 2.05) is 36.4 Å². The topological polar surface area (TPSA) is 50.4 Å². The van der Waals surface area contributed by atoms with Crippen molar-refractivity contribution in [3.8, 4) is 51.2 Å². The maximum Gasteiger partial charge on any atom is 0.145 e. The highest BCUT2D eigenvalue weighted by molar-refractivity contribution is 9.10. The molecule has 0 bridgehead atoms. The fourth-order valence-electron chi connectivity index (χ4n) is 14.8. The number of benzene rings is 13. The van der Waals surface area contributed by atoms with E-state index >= 15 is 0 Å². The summed E-state index contributed by atoms with van der Waals surface area (Å²) in [5, 5.41) is 7.18. The molecule has 0 atom stereocenters. The fraction of sp³-hybridized carbons (Fsp3) is 0.0115. The molecule has 454 valence electrons. The Balaban J connectivity index is 0.000000131. The number of fused-ring (bicyclic) bond motifs is 19. The second kappa shape index (κ2) is 24.2. The Hall–Kier alpha value is -11.8. The average molecular weight is 1310 g/mol. The summed E-state index contributed by atoms with van der Waals surface area (Å²) in [5.74, 6) is 1.88. The molecule has 0 saturated carbocycles. The molecule has 0 saturated heterocycles. The molecule has 5 aromatic heterocycles. The van der Waals surface area contributed by atoms with Gasteiger partial charge in [0.2, 0.25) is 0 Å². The SMILES string of the molecule is Brc1ccccc1.S.[C+]1=CC2=C(C=C1)c1c(c3c(nc(-c4ccccc4)n3-c3ccccc3)c3c4ccccc4n(-c4ccccc4)c13)C2.c1ccc(-c2nc3c4c5ccccc5n(-c5ccccc5)c4c4c5ccccc5n(-c5ccccc5)c4c3n2-c2ccccc2)cc1. The lowest BCUT2D eigenvalue weighted by Gasteiger charge is -2.14. The summed E-state index contributed by atoms with van der Waals surface area (Å²) >= 11 is 3.31. The highest BCUT2D eigenvalue weighted by Gasteiger charge is 2.37. The molecule has 2 aliphatic rings. The number of hydrogen-bond acceptors (Lipinski definition) is 2. The summed E-state index contributed by atoms with van der Waals surface area (Å²) in [4.78, 5) is 11.2. The van der Waals surface area contributed by atoms with Gasteiger partial charge in [-0.1, -0.05) is 240 Å². The molecular weight excluding hydrogens is 1250 g/mol. The smallest absolute Gasteiger partial charge is 0.145 e. The molecule has 0 radical (unpaired) electrons. The molecular formula is C87H59BrN7S+. The molecule has 0 amide bonds. The van der Waals surface area contributed by atoms with E-state index in [1.54, 1.807) is 0 Å². The Morgan fingerprint density at radius 3 is 1.10 bits per heavy atom. The van der Waals surface area contributed by atoms with Gasteiger partial charge in [0.25, 0.3) is 0 Å². The van der Waals surface area contributed by atoms with Crippen LogP contribution >= 0.6 is 29.4 Å². The van der Waals surface area contributed by atoms with Crippen LogP contribution in [-0.2, 0) is 6.42 Å². The minimum Gasteiger partial charge on any atom is -0.308 e. The van der Waals surface area contributed by atoms with Gasteiger partial charge in [0.1, 0.15) is 29.3 Å². The van der Waals surface area contributed by atoms with Gasteiger partial charge in [-0.3, -0.25) is 9.13 Å². The third kappa shape index (κ3) is 9.38. The van der Waals surface area contributed by atoms with E-state index in [0.717, 1.165) is 101 Å². The van der Waals surface area contributed by atoms with Gasteiger partial charge in [0.05, 0.1) is 66.9 Å². The molecule has 9 heteroatoms. The summed E-state index contributed by atoms with van der Waals surface area (Å²) < 4.78 is 13.2. The van der Waals surface area contributed by atoms with E-state index in [1.165, 1.54) is 71.3 Å². The van der Waals surface area contributed by atoms with Crippen molar-refractivity contribution < 1.29 is 0 Å². The summed E-state index contributed by atoms with van der Waals surface area (Å²) in [7, 11) is 0. The number of imidazole rings is 2. The molecule has 0 aliphatic heterocycles. The van der Waals surface area contributed by atoms with Crippen molar-refractivity contribution in [2.45, 2.75) is 6.42 Å². The lowest BCUT2D eigenvalue weighted by molar-refractivity contribution is 1.09. The number of halogens is 1. The Bertz CT molecular complexity index is 6070. The first kappa shape index (κ1) is 58.0. The zero-order chi connectivity index (χ0) is 62.9. The second-order valence-electron chi connectivity index (χ2n) is 24.0. The predicted molar refractivity (Wildman–Crippen MR) is 408 cm³/mol. The van der Waals surface area contributed by atoms with Crippen LogP contribution in [0, 0.1) is 6.08 Å². The molecule has 0 fully saturated rings. The van der Waals surface area contributed by atoms with Crippen molar-refractivity contribution in [3.63, 3.8) is 0 Å². The zero-order valence-electron chi connectivity index (χ0n) is 52.0. The Morgan fingerprint density at radius 1 is 0.323 bits per heavy atom. The van der Waals surface area contributed by atoms with Gasteiger partial charge in [-0.2, -0.15) is 13.5 Å². The van der Waals surface area contributed by atoms with Crippen molar-refractivity contribution >= 4 is 122 Å². The van der Waals surface area contributed by atoms with Crippen LogP contribution in [0.4, 0.5) is 0 Å². The van der Waals surface area contributed by atoms with Crippen molar-refractivity contribution in [2.75, 3.05) is 0 Å². The molecule has 0 N–H and O–H groups in total. The van der Waals surface area contributed by atoms with Gasteiger partial charge in [0, 0.05) is 100.0 Å². The third-order valence-electron chi connectivity index (χ3n) is 18.6. The van der Waals surface area contributed by atoms with Crippen LogP contribution in [0.5, 0.6) is 0 Å². The van der Waals surface area contributed by atoms with E-state index < -0.39 is 0 Å². The van der Waals surface area contributed by atoms with Crippen LogP contribution in [0.15, 0.2) is 344 Å². The number of nitrogens with zero attached hydrogens (tertiary/aromatic N) is 7. The van der Waals surface area contributed by atoms with Crippen LogP contribution in [0.3, 0.4) is 0 Å². The average Bonchev–Trinajstić information content (AvgIpc) is 1.13. The minimum atomic E-state index is 0. The van der Waals surface area contributed by atoms with Gasteiger partial charge in [-0.15, -0.1) is 0 Å². The molecule has 13 aromatic carbocycles. The standard InChI is InChI=1S/C43H28N4.C38H24N3.C6H5Br.H2S/c1-5-17-29(18-6-1)43-44-39-37-33-25-13-15-27-35(33)45(30-19-7-2-8-20-30)40(37)38-34-26-14-16-28-36(34)46(31-21-9-3-10-22-31)41(38)42(39)47(43)32-23-11-4-12-24-32;1-4-14-25(15-5-1)38-39-35-34-30-22-12-13-23-32(30)40(27-17-6-2-7-18-27)37(34)33-29-21-11-10-16-26(29)24-31(33)36(35)41(38)28-19-8-3-9-20-28;7-6-4-2-1-3-5-6;/h1-28H;1-9,11-23H,24H2;1-5H;1H2/q;+1;;. The van der Waals surface area contributed by atoms with Gasteiger partial charge in [-0.05, 0) is 91.0 Å². The number of rotatable bonds is 7. The monoisotopic (exact) mass is 1310 g/mol. The van der Waals surface area contributed by atoms with Gasteiger partial charge < -0.3 is 13.7 Å². The first-order valence-electron chi connectivity index (χ1n) is 32.2. The normalized spacial score (nSPS) is 12.3. The second-order valence-corrected chi connectivity index (χ2v) is 24.9. The summed E-state index contributed by atoms with van der Waals surface area (Å²) in [5.41, 5.74) is 24.3. The van der Waals surface area contributed by atoms with Crippen LogP contribution in [0.2, 0.25) is 0 Å². The van der Waals surface area contributed by atoms with E-state index in [2.05, 4.69) is 342 Å². The van der Waals surface area contributed by atoms with E-state index in [9.17, 15) is 0 Å². The largest absolute Gasteiger partial charge is 0.308 e. The zero-order valence-corrected chi connectivity index (χ0v) is 54.6. The fourth-order valence-corrected chi connectivity index (χ4v) is 15.1. The molecule has 5 heterocycles. The highest BCUT2D eigenvalue weighted by Crippen LogP contribution is 2.52. The first-order chi connectivity index (χ1) is 47.2. The van der Waals surface area contributed by atoms with Crippen LogP contribution in [0.1, 0.15) is 11.1 Å². The number of para-hydroxylation sites is 8. The molecule has 18 aromatic rings. The minimum absolute atomic E-state index is 0. The van der Waals surface area contributed by atoms with Crippen molar-refractivity contribution in [1.82, 2.24) is 32.8 Å². The Labute approximate surface area is 569 Å². The van der Waals surface area contributed by atoms with Gasteiger partial charge in [0.15, 0.2) is 0 Å². The summed E-state index contributed by atoms with van der Waals surface area (Å²) in [6.45, 7) is 0. The lowest BCUT2D eigenvalue weighted by Crippen LogP contribution is -2.02. The summed E-state index contributed by atoms with van der Waals surface area (Å²) in [6, 6.07) is 111. The van der Waals surface area contributed by atoms with Crippen molar-refractivity contribution in [3.05, 3.63) is 361 Å². The molecule has 0 unspecified atom stereocenters. The van der Waals surface area contributed by atoms with Crippen molar-refractivity contribution in [2.24, 2.45) is 0 Å². The van der Waals surface area contributed by atoms with E-state index in [4.69, 9.17) is 9.97 Å². The van der Waals surface area contributed by atoms with Gasteiger partial charge >= 0.3 is 0 Å². The highest BCUT2D eigenvalue weighted by atomic mass is 79.9. The Kier molecular flexibility index (Phi) is 14.7. The van der Waals surface area contributed by atoms with Crippen LogP contribution in [0.25, 0.3) is 144 Å². The third-order valence-corrected chi connectivity index (χ3v) is 19.1. The maximum absolute atomic E-state index is 5.64.